The quantitative estimate of drug-likeness (QED) is 0.763. The molecule has 88 valence electrons. The van der Waals surface area contributed by atoms with Crippen LogP contribution in [0.4, 0.5) is 0 Å². The fraction of sp³-hybridized carbons (Fsp3) is 0.500. The zero-order chi connectivity index (χ0) is 12.1. The van der Waals surface area contributed by atoms with E-state index in [0.29, 0.717) is 12.2 Å². The highest BCUT2D eigenvalue weighted by molar-refractivity contribution is 5.75. The van der Waals surface area contributed by atoms with E-state index in [9.17, 15) is 9.59 Å². The molecule has 1 heterocycles. The number of rotatable bonds is 4. The van der Waals surface area contributed by atoms with Crippen LogP contribution in [0, 0.1) is 6.92 Å². The number of carbonyl (C=O) groups is 1. The third-order valence-corrected chi connectivity index (χ3v) is 1.96. The van der Waals surface area contributed by atoms with Crippen LogP contribution in [0.3, 0.4) is 0 Å². The summed E-state index contributed by atoms with van der Waals surface area (Å²) in [5.41, 5.74) is 0.268. The molecule has 0 aromatic carbocycles. The lowest BCUT2D eigenvalue weighted by molar-refractivity contribution is -0.121. The van der Waals surface area contributed by atoms with Crippen molar-refractivity contribution in [3.8, 4) is 6.01 Å². The molecule has 1 rings (SSSR count). The van der Waals surface area contributed by atoms with Crippen molar-refractivity contribution >= 4 is 5.91 Å². The smallest absolute Gasteiger partial charge is 0.299 e. The summed E-state index contributed by atoms with van der Waals surface area (Å²) >= 11 is 0. The number of carbonyl (C=O) groups excluding carboxylic acids is 1. The fourth-order valence-electron chi connectivity index (χ4n) is 1.29. The van der Waals surface area contributed by atoms with Crippen molar-refractivity contribution in [2.24, 2.45) is 0 Å². The van der Waals surface area contributed by atoms with Gasteiger partial charge in [0.15, 0.2) is 0 Å². The van der Waals surface area contributed by atoms with E-state index in [-0.39, 0.29) is 24.0 Å². The summed E-state index contributed by atoms with van der Waals surface area (Å²) in [4.78, 5) is 27.0. The maximum atomic E-state index is 11.6. The topological polar surface area (TPSA) is 73.2 Å². The first kappa shape index (κ1) is 12.2. The summed E-state index contributed by atoms with van der Waals surface area (Å²) in [5, 5.41) is 2.61. The Morgan fingerprint density at radius 1 is 1.62 bits per heavy atom. The molecule has 1 N–H and O–H groups in total. The number of amides is 1. The molecule has 1 aromatic rings. The minimum absolute atomic E-state index is 0.0802. The van der Waals surface area contributed by atoms with Gasteiger partial charge in [-0.2, -0.15) is 0 Å². The number of hydrogen-bond acceptors (Lipinski definition) is 4. The highest BCUT2D eigenvalue weighted by Crippen LogP contribution is 2.03. The number of likely N-dealkylation sites (N-methyl/N-ethyl adjacent to an activating group) is 1. The first-order valence-electron chi connectivity index (χ1n) is 4.97. The van der Waals surface area contributed by atoms with Gasteiger partial charge in [-0.15, -0.1) is 0 Å². The molecule has 0 atom stereocenters. The third-order valence-electron chi connectivity index (χ3n) is 1.96. The molecule has 0 bridgehead atoms. The first-order chi connectivity index (χ1) is 7.58. The molecular formula is C10H15N3O3. The number of nitrogens with zero attached hydrogens (tertiary/aromatic N) is 2. The summed E-state index contributed by atoms with van der Waals surface area (Å²) in [7, 11) is 1.41. The second-order valence-electron chi connectivity index (χ2n) is 3.26. The summed E-state index contributed by atoms with van der Waals surface area (Å²) in [6.45, 7) is 3.95. The highest BCUT2D eigenvalue weighted by atomic mass is 16.5. The van der Waals surface area contributed by atoms with Crippen molar-refractivity contribution in [1.29, 1.82) is 0 Å². The minimum atomic E-state index is -0.296. The predicted molar refractivity (Wildman–Crippen MR) is 58.5 cm³/mol. The molecule has 0 unspecified atom stereocenters. The SMILES string of the molecule is CCNC(=O)Cn1c(OC)nc(C)cc1=O. The van der Waals surface area contributed by atoms with Crippen molar-refractivity contribution in [2.45, 2.75) is 20.4 Å². The third kappa shape index (κ3) is 2.82. The van der Waals surface area contributed by atoms with Crippen LogP contribution in [0.25, 0.3) is 0 Å². The molecule has 0 saturated heterocycles. The number of ether oxygens (including phenoxy) is 1. The van der Waals surface area contributed by atoms with Gasteiger partial charge in [0.1, 0.15) is 6.54 Å². The normalized spacial score (nSPS) is 9.94. The van der Waals surface area contributed by atoms with E-state index < -0.39 is 0 Å². The Labute approximate surface area is 93.3 Å². The van der Waals surface area contributed by atoms with Crippen LogP contribution in [-0.2, 0) is 11.3 Å². The number of aryl methyl sites for hydroxylation is 1. The van der Waals surface area contributed by atoms with Crippen molar-refractivity contribution < 1.29 is 9.53 Å². The minimum Gasteiger partial charge on any atom is -0.468 e. The van der Waals surface area contributed by atoms with E-state index in [1.807, 2.05) is 6.92 Å². The molecule has 0 fully saturated rings. The van der Waals surface area contributed by atoms with Crippen LogP contribution in [0.1, 0.15) is 12.6 Å². The predicted octanol–water partition coefficient (Wildman–Crippen LogP) is -0.304. The van der Waals surface area contributed by atoms with Gasteiger partial charge in [0.25, 0.3) is 11.6 Å². The van der Waals surface area contributed by atoms with Gasteiger partial charge in [-0.3, -0.25) is 14.2 Å². The Hall–Kier alpha value is -1.85. The Bertz CT molecular complexity index is 439. The van der Waals surface area contributed by atoms with E-state index in [1.54, 1.807) is 6.92 Å². The molecule has 1 amide bonds. The Balaban J connectivity index is 3.03. The highest BCUT2D eigenvalue weighted by Gasteiger charge is 2.10. The fourth-order valence-corrected chi connectivity index (χ4v) is 1.29. The van der Waals surface area contributed by atoms with Crippen molar-refractivity contribution in [3.05, 3.63) is 22.1 Å². The van der Waals surface area contributed by atoms with Gasteiger partial charge in [0, 0.05) is 18.3 Å². The zero-order valence-corrected chi connectivity index (χ0v) is 9.61. The summed E-state index contributed by atoms with van der Waals surface area (Å²) in [5.74, 6) is -0.242. The van der Waals surface area contributed by atoms with E-state index in [2.05, 4.69) is 10.3 Å². The van der Waals surface area contributed by atoms with Gasteiger partial charge >= 0.3 is 0 Å². The molecule has 0 aliphatic heterocycles. The number of hydrogen-bond donors (Lipinski definition) is 1. The second kappa shape index (κ2) is 5.29. The molecule has 1 aromatic heterocycles. The van der Waals surface area contributed by atoms with E-state index in [1.165, 1.54) is 17.7 Å². The average molecular weight is 225 g/mol. The van der Waals surface area contributed by atoms with Gasteiger partial charge in [-0.25, -0.2) is 4.98 Å². The van der Waals surface area contributed by atoms with Gasteiger partial charge < -0.3 is 10.1 Å². The lowest BCUT2D eigenvalue weighted by Gasteiger charge is -2.10. The Kier molecular flexibility index (Phi) is 4.04. The van der Waals surface area contributed by atoms with Gasteiger partial charge in [-0.05, 0) is 13.8 Å². The average Bonchev–Trinajstić information content (AvgIpc) is 2.22. The molecule has 16 heavy (non-hydrogen) atoms. The van der Waals surface area contributed by atoms with Gasteiger partial charge in [0.2, 0.25) is 5.91 Å². The molecule has 0 spiro atoms. The van der Waals surface area contributed by atoms with E-state index >= 15 is 0 Å². The number of methoxy groups -OCH3 is 1. The lowest BCUT2D eigenvalue weighted by atomic mass is 10.4. The summed E-state index contributed by atoms with van der Waals surface area (Å²) < 4.78 is 6.15. The monoisotopic (exact) mass is 225 g/mol. The molecule has 0 saturated carbocycles. The summed E-state index contributed by atoms with van der Waals surface area (Å²) in [6, 6.07) is 1.51. The van der Waals surface area contributed by atoms with Crippen LogP contribution < -0.4 is 15.6 Å². The Morgan fingerprint density at radius 2 is 2.31 bits per heavy atom. The molecule has 6 heteroatoms. The van der Waals surface area contributed by atoms with Gasteiger partial charge in [0.05, 0.1) is 7.11 Å². The first-order valence-corrected chi connectivity index (χ1v) is 4.97. The van der Waals surface area contributed by atoms with Crippen molar-refractivity contribution in [3.63, 3.8) is 0 Å². The molecule has 0 aliphatic carbocycles. The second-order valence-corrected chi connectivity index (χ2v) is 3.26. The maximum Gasteiger partial charge on any atom is 0.299 e. The van der Waals surface area contributed by atoms with E-state index in [4.69, 9.17) is 4.74 Å². The van der Waals surface area contributed by atoms with Crippen molar-refractivity contribution in [1.82, 2.24) is 14.9 Å². The van der Waals surface area contributed by atoms with Crippen molar-refractivity contribution in [2.75, 3.05) is 13.7 Å². The van der Waals surface area contributed by atoms with Crippen LogP contribution in [0.2, 0.25) is 0 Å². The van der Waals surface area contributed by atoms with E-state index in [0.717, 1.165) is 0 Å². The molecular weight excluding hydrogens is 210 g/mol. The van der Waals surface area contributed by atoms with Crippen LogP contribution in [0.15, 0.2) is 10.9 Å². The number of nitrogens with one attached hydrogen (secondary N) is 1. The maximum absolute atomic E-state index is 11.6. The molecule has 0 aliphatic rings. The van der Waals surface area contributed by atoms with Crippen LogP contribution in [-0.4, -0.2) is 29.1 Å². The summed E-state index contributed by atoms with van der Waals surface area (Å²) in [6.07, 6.45) is 0. The largest absolute Gasteiger partial charge is 0.468 e. The molecule has 0 radical (unpaired) electrons. The Morgan fingerprint density at radius 3 is 2.88 bits per heavy atom. The zero-order valence-electron chi connectivity index (χ0n) is 9.61. The molecule has 6 nitrogen and oxygen atoms in total. The number of aromatic nitrogens is 2. The van der Waals surface area contributed by atoms with Crippen LogP contribution in [0.5, 0.6) is 6.01 Å². The van der Waals surface area contributed by atoms with Crippen LogP contribution >= 0.6 is 0 Å². The standard InChI is InChI=1S/C10H15N3O3/c1-4-11-8(14)6-13-9(15)5-7(2)12-10(13)16-3/h5H,4,6H2,1-3H3,(H,11,14). The van der Waals surface area contributed by atoms with Gasteiger partial charge in [-0.1, -0.05) is 0 Å². The lowest BCUT2D eigenvalue weighted by Crippen LogP contribution is -2.33.